The number of allylic oxidation sites excluding steroid dienone is 6. The molecule has 88 heavy (non-hydrogen) atoms. The van der Waals surface area contributed by atoms with Gasteiger partial charge in [-0.3, -0.25) is 4.79 Å². The quantitative estimate of drug-likeness (QED) is 0.0199. The van der Waals surface area contributed by atoms with E-state index < -0.39 is 124 Å². The molecule has 3 saturated heterocycles. The van der Waals surface area contributed by atoms with Crippen molar-refractivity contribution in [3.05, 3.63) is 36.5 Å². The number of aliphatic hydroxyl groups is 11. The van der Waals surface area contributed by atoms with E-state index in [0.29, 0.717) is 12.8 Å². The Labute approximate surface area is 530 Å². The molecule has 0 saturated carbocycles. The average Bonchev–Trinajstić information content (AvgIpc) is 3.72. The molecule has 19 heteroatoms. The van der Waals surface area contributed by atoms with E-state index >= 15 is 0 Å². The van der Waals surface area contributed by atoms with Gasteiger partial charge in [0, 0.05) is 6.42 Å². The van der Waals surface area contributed by atoms with E-state index in [-0.39, 0.29) is 18.9 Å². The number of ether oxygens (including phenoxy) is 6. The molecule has 0 radical (unpaired) electrons. The number of amides is 1. The van der Waals surface area contributed by atoms with Gasteiger partial charge in [-0.1, -0.05) is 243 Å². The van der Waals surface area contributed by atoms with Gasteiger partial charge in [-0.05, 0) is 51.4 Å². The SMILES string of the molecule is CCCCCCC/C=C\C/C=C\C/C=C\CCCCCCCCC(=O)NC(COC1OC(CO)C(OC2OC(CO)C(OC3OC(CO)C(O)C(O)C3O)C(O)C2O)C(O)C1O)C(O)CCCCCCCCCCCCCCCCCCCCCCCC. The molecule has 3 aliphatic heterocycles. The summed E-state index contributed by atoms with van der Waals surface area (Å²) in [6, 6.07) is -0.895. The molecule has 3 heterocycles. The van der Waals surface area contributed by atoms with E-state index in [1.165, 1.54) is 154 Å². The van der Waals surface area contributed by atoms with Crippen LogP contribution in [0.3, 0.4) is 0 Å². The largest absolute Gasteiger partial charge is 0.394 e. The van der Waals surface area contributed by atoms with Crippen LogP contribution >= 0.6 is 0 Å². The van der Waals surface area contributed by atoms with Gasteiger partial charge in [0.2, 0.25) is 5.91 Å². The van der Waals surface area contributed by atoms with Crippen molar-refractivity contribution in [3.63, 3.8) is 0 Å². The van der Waals surface area contributed by atoms with Crippen molar-refractivity contribution in [1.82, 2.24) is 5.32 Å². The zero-order valence-electron chi connectivity index (χ0n) is 54.5. The minimum absolute atomic E-state index is 0.252. The first kappa shape index (κ1) is 80.2. The number of aliphatic hydroxyl groups excluding tert-OH is 11. The molecule has 19 nitrogen and oxygen atoms in total. The first-order valence-electron chi connectivity index (χ1n) is 35.2. The first-order chi connectivity index (χ1) is 42.8. The number of carbonyl (C=O) groups is 1. The number of hydrogen-bond acceptors (Lipinski definition) is 18. The van der Waals surface area contributed by atoms with E-state index in [9.17, 15) is 61.0 Å². The fourth-order valence-electron chi connectivity index (χ4n) is 12.0. The summed E-state index contributed by atoms with van der Waals surface area (Å²) >= 11 is 0. The second kappa shape index (κ2) is 51.4. The third kappa shape index (κ3) is 33.2. The zero-order valence-corrected chi connectivity index (χ0v) is 54.5. The van der Waals surface area contributed by atoms with Crippen LogP contribution < -0.4 is 5.32 Å². The lowest BCUT2D eigenvalue weighted by atomic mass is 9.96. The maximum atomic E-state index is 13.4. The van der Waals surface area contributed by atoms with Crippen LogP contribution in [0.1, 0.15) is 264 Å². The third-order valence-electron chi connectivity index (χ3n) is 17.7. The molecule has 17 atom stereocenters. The van der Waals surface area contributed by atoms with Crippen LogP contribution in [0, 0.1) is 0 Å². The van der Waals surface area contributed by atoms with Crippen LogP contribution in [-0.2, 0) is 33.2 Å². The van der Waals surface area contributed by atoms with Crippen molar-refractivity contribution in [2.75, 3.05) is 26.4 Å². The summed E-state index contributed by atoms with van der Waals surface area (Å²) in [5.41, 5.74) is 0. The Kier molecular flexibility index (Phi) is 46.9. The smallest absolute Gasteiger partial charge is 0.220 e. The van der Waals surface area contributed by atoms with Crippen LogP contribution in [0.25, 0.3) is 0 Å². The minimum Gasteiger partial charge on any atom is -0.394 e. The number of carbonyl (C=O) groups excluding carboxylic acids is 1. The van der Waals surface area contributed by atoms with Crippen molar-refractivity contribution in [1.29, 1.82) is 0 Å². The Bertz CT molecular complexity index is 1740. The molecule has 3 fully saturated rings. The standard InChI is InChI=1S/C69H127NO18/c1-3-5-7-9-11-13-15-17-19-21-23-25-27-28-30-32-34-36-38-40-42-44-46-53(74)52(70-57(75)47-45-43-41-39-37-35-33-31-29-26-24-22-20-18-16-14-12-10-8-6-4-2)51-83-67-63(81)60(78)65(55(49-72)85-67)88-69-64(82)61(79)66(56(50-73)86-69)87-68-62(80)59(77)58(76)54(48-71)84-68/h16,18,22,24,29,31,52-56,58-69,71-74,76-82H,3-15,17,19-21,23,25-28,30,32-51H2,1-2H3,(H,70,75)/b18-16-,24-22-,31-29-. The normalized spacial score (nSPS) is 28.6. The highest BCUT2D eigenvalue weighted by molar-refractivity contribution is 5.76. The monoisotopic (exact) mass is 1260 g/mol. The van der Waals surface area contributed by atoms with E-state index in [2.05, 4.69) is 55.6 Å². The second-order valence-corrected chi connectivity index (χ2v) is 25.3. The second-order valence-electron chi connectivity index (χ2n) is 25.3. The van der Waals surface area contributed by atoms with Crippen LogP contribution in [0.2, 0.25) is 0 Å². The number of nitrogens with one attached hydrogen (secondary N) is 1. The molecule has 3 aliphatic rings. The van der Waals surface area contributed by atoms with Crippen molar-refractivity contribution < 1.29 is 89.4 Å². The fraction of sp³-hybridized carbons (Fsp3) is 0.899. The van der Waals surface area contributed by atoms with Gasteiger partial charge >= 0.3 is 0 Å². The molecular weight excluding hydrogens is 1130 g/mol. The highest BCUT2D eigenvalue weighted by Crippen LogP contribution is 2.33. The predicted octanol–water partition coefficient (Wildman–Crippen LogP) is 9.22. The van der Waals surface area contributed by atoms with Gasteiger partial charge in [0.15, 0.2) is 18.9 Å². The van der Waals surface area contributed by atoms with Gasteiger partial charge in [0.05, 0.1) is 38.6 Å². The van der Waals surface area contributed by atoms with E-state index in [1.54, 1.807) is 0 Å². The van der Waals surface area contributed by atoms with E-state index in [0.717, 1.165) is 77.0 Å². The Morgan fingerprint density at radius 1 is 0.409 bits per heavy atom. The molecule has 0 aromatic heterocycles. The molecule has 0 aliphatic carbocycles. The molecule has 12 N–H and O–H groups in total. The summed E-state index contributed by atoms with van der Waals surface area (Å²) in [6.45, 7) is 1.80. The summed E-state index contributed by atoms with van der Waals surface area (Å²) in [5.74, 6) is -0.253. The molecular formula is C69H127NO18. The van der Waals surface area contributed by atoms with Crippen LogP contribution in [0.5, 0.6) is 0 Å². The molecule has 0 aromatic carbocycles. The Balaban J connectivity index is 1.44. The maximum absolute atomic E-state index is 13.4. The molecule has 516 valence electrons. The Morgan fingerprint density at radius 2 is 0.750 bits per heavy atom. The lowest BCUT2D eigenvalue weighted by Crippen LogP contribution is -2.66. The number of hydrogen-bond donors (Lipinski definition) is 12. The molecule has 3 rings (SSSR count). The molecule has 0 bridgehead atoms. The minimum atomic E-state index is -1.97. The van der Waals surface area contributed by atoms with E-state index in [1.807, 2.05) is 0 Å². The van der Waals surface area contributed by atoms with Gasteiger partial charge in [-0.15, -0.1) is 0 Å². The summed E-state index contributed by atoms with van der Waals surface area (Å²) in [7, 11) is 0. The van der Waals surface area contributed by atoms with Gasteiger partial charge in [0.25, 0.3) is 0 Å². The average molecular weight is 1260 g/mol. The number of unbranched alkanes of at least 4 members (excludes halogenated alkanes) is 32. The van der Waals surface area contributed by atoms with Gasteiger partial charge < -0.3 is 89.9 Å². The topological polar surface area (TPSA) is 307 Å². The van der Waals surface area contributed by atoms with Crippen LogP contribution in [-0.4, -0.2) is 193 Å². The molecule has 1 amide bonds. The van der Waals surface area contributed by atoms with Crippen LogP contribution in [0.15, 0.2) is 36.5 Å². The lowest BCUT2D eigenvalue weighted by molar-refractivity contribution is -0.379. The highest BCUT2D eigenvalue weighted by Gasteiger charge is 2.53. The molecule has 0 spiro atoms. The van der Waals surface area contributed by atoms with Crippen molar-refractivity contribution in [2.45, 2.75) is 369 Å². The number of rotatable bonds is 54. The summed E-state index contributed by atoms with van der Waals surface area (Å²) in [4.78, 5) is 13.4. The fourth-order valence-corrected chi connectivity index (χ4v) is 12.0. The van der Waals surface area contributed by atoms with Gasteiger partial charge in [0.1, 0.15) is 73.2 Å². The summed E-state index contributed by atoms with van der Waals surface area (Å²) < 4.78 is 34.4. The maximum Gasteiger partial charge on any atom is 0.220 e. The lowest BCUT2D eigenvalue weighted by Gasteiger charge is -2.48. The first-order valence-corrected chi connectivity index (χ1v) is 35.2. The molecule has 0 aromatic rings. The van der Waals surface area contributed by atoms with Crippen molar-refractivity contribution >= 4 is 5.91 Å². The third-order valence-corrected chi connectivity index (χ3v) is 17.7. The summed E-state index contributed by atoms with van der Waals surface area (Å²) in [5, 5.41) is 121. The summed E-state index contributed by atoms with van der Waals surface area (Å²) in [6.07, 6.45) is 32.1. The van der Waals surface area contributed by atoms with Crippen molar-refractivity contribution in [3.8, 4) is 0 Å². The van der Waals surface area contributed by atoms with Crippen molar-refractivity contribution in [2.24, 2.45) is 0 Å². The Hall–Kier alpha value is -1.99. The highest BCUT2D eigenvalue weighted by atomic mass is 16.8. The van der Waals surface area contributed by atoms with E-state index in [4.69, 9.17) is 28.4 Å². The predicted molar refractivity (Wildman–Crippen MR) is 342 cm³/mol. The Morgan fingerprint density at radius 3 is 1.17 bits per heavy atom. The van der Waals surface area contributed by atoms with Gasteiger partial charge in [-0.25, -0.2) is 0 Å². The van der Waals surface area contributed by atoms with Crippen LogP contribution in [0.4, 0.5) is 0 Å². The zero-order chi connectivity index (χ0) is 64.0. The van der Waals surface area contributed by atoms with Gasteiger partial charge in [-0.2, -0.15) is 0 Å². The molecule has 17 unspecified atom stereocenters.